The number of piperidine rings is 1. The number of nitrogens with one attached hydrogen (secondary N) is 2. The quantitative estimate of drug-likeness (QED) is 0.835. The molecule has 3 aliphatic rings. The molecule has 3 rings (SSSR count). The highest BCUT2D eigenvalue weighted by atomic mass is 19.4. The molecule has 7 heteroatoms. The summed E-state index contributed by atoms with van der Waals surface area (Å²) in [6, 6.07) is -0.221. The molecular formula is C15H24F3N3O. The molecule has 2 saturated heterocycles. The Bertz CT molecular complexity index is 469. The highest BCUT2D eigenvalue weighted by Gasteiger charge is 2.81. The topological polar surface area (TPSA) is 44.4 Å². The summed E-state index contributed by atoms with van der Waals surface area (Å²) in [5, 5.41) is 5.58. The smallest absolute Gasteiger partial charge is 0.337 e. The van der Waals surface area contributed by atoms with E-state index in [0.717, 1.165) is 12.8 Å². The molecule has 2 amide bonds. The minimum atomic E-state index is -4.20. The van der Waals surface area contributed by atoms with Crippen LogP contribution < -0.4 is 10.6 Å². The number of likely N-dealkylation sites (tertiary alicyclic amines) is 1. The summed E-state index contributed by atoms with van der Waals surface area (Å²) >= 11 is 0. The van der Waals surface area contributed by atoms with Crippen molar-refractivity contribution in [3.8, 4) is 0 Å². The number of amides is 2. The standard InChI is InChI=1S/C15H24F3N3O/c1-3-12(4-2)9-21(10-12)11(22)20-7-13-5-14(13,8-19-6-13)15(16,17)18/h19H,3-10H2,1-2H3,(H,20,22)/t13-,14-/m1/s1. The first-order valence-corrected chi connectivity index (χ1v) is 8.03. The second-order valence-electron chi connectivity index (χ2n) is 7.36. The van der Waals surface area contributed by atoms with E-state index < -0.39 is 17.0 Å². The zero-order chi connectivity index (χ0) is 16.2. The Morgan fingerprint density at radius 3 is 2.36 bits per heavy atom. The Hall–Kier alpha value is -0.980. The lowest BCUT2D eigenvalue weighted by atomic mass is 9.75. The first-order chi connectivity index (χ1) is 10.2. The van der Waals surface area contributed by atoms with Crippen molar-refractivity contribution in [1.82, 2.24) is 15.5 Å². The van der Waals surface area contributed by atoms with Crippen LogP contribution in [0.4, 0.5) is 18.0 Å². The van der Waals surface area contributed by atoms with E-state index in [4.69, 9.17) is 0 Å². The minimum Gasteiger partial charge on any atom is -0.337 e. The molecule has 126 valence electrons. The highest BCUT2D eigenvalue weighted by molar-refractivity contribution is 5.75. The molecule has 0 unspecified atom stereocenters. The summed E-state index contributed by atoms with van der Waals surface area (Å²) < 4.78 is 39.7. The number of nitrogens with zero attached hydrogens (tertiary/aromatic N) is 1. The molecule has 2 atom stereocenters. The first kappa shape index (κ1) is 15.9. The molecule has 0 bridgehead atoms. The van der Waals surface area contributed by atoms with E-state index in [0.29, 0.717) is 19.6 Å². The molecule has 3 fully saturated rings. The predicted molar refractivity (Wildman–Crippen MR) is 76.4 cm³/mol. The zero-order valence-electron chi connectivity index (χ0n) is 13.1. The average Bonchev–Trinajstić information content (AvgIpc) is 2.94. The number of hydrogen-bond donors (Lipinski definition) is 2. The number of hydrogen-bond acceptors (Lipinski definition) is 2. The van der Waals surface area contributed by atoms with Gasteiger partial charge in [0.2, 0.25) is 0 Å². The summed E-state index contributed by atoms with van der Waals surface area (Å²) in [5.74, 6) is 0. The SMILES string of the molecule is CCC1(CC)CN(C(=O)NC[C@@]23CNC[C@]2(C(F)(F)F)C3)C1. The monoisotopic (exact) mass is 319 g/mol. The van der Waals surface area contributed by atoms with Gasteiger partial charge in [-0.3, -0.25) is 0 Å². The number of fused-ring (bicyclic) bond motifs is 1. The molecule has 0 radical (unpaired) electrons. The van der Waals surface area contributed by atoms with Crippen LogP contribution in [0.3, 0.4) is 0 Å². The van der Waals surface area contributed by atoms with E-state index in [2.05, 4.69) is 24.5 Å². The summed E-state index contributed by atoms with van der Waals surface area (Å²) in [7, 11) is 0. The summed E-state index contributed by atoms with van der Waals surface area (Å²) in [4.78, 5) is 13.8. The third-order valence-electron chi connectivity index (χ3n) is 6.38. The summed E-state index contributed by atoms with van der Waals surface area (Å²) in [6.45, 7) is 6.07. The number of carbonyl (C=O) groups is 1. The van der Waals surface area contributed by atoms with Gasteiger partial charge < -0.3 is 15.5 Å². The van der Waals surface area contributed by atoms with E-state index in [-0.39, 0.29) is 31.0 Å². The summed E-state index contributed by atoms with van der Waals surface area (Å²) in [5.41, 5.74) is -2.25. The minimum absolute atomic E-state index is 0.0230. The molecule has 0 aromatic rings. The van der Waals surface area contributed by atoms with Crippen molar-refractivity contribution in [2.75, 3.05) is 32.7 Å². The normalized spacial score (nSPS) is 35.8. The van der Waals surface area contributed by atoms with Crippen LogP contribution in [-0.2, 0) is 0 Å². The fraction of sp³-hybridized carbons (Fsp3) is 0.933. The lowest BCUT2D eigenvalue weighted by molar-refractivity contribution is -0.190. The lowest BCUT2D eigenvalue weighted by Gasteiger charge is -2.49. The van der Waals surface area contributed by atoms with Crippen molar-refractivity contribution in [3.63, 3.8) is 0 Å². The maximum atomic E-state index is 13.2. The van der Waals surface area contributed by atoms with Gasteiger partial charge in [-0.15, -0.1) is 0 Å². The van der Waals surface area contributed by atoms with Crippen LogP contribution in [0.1, 0.15) is 33.1 Å². The second kappa shape index (κ2) is 4.76. The summed E-state index contributed by atoms with van der Waals surface area (Å²) in [6.07, 6.45) is -2.02. The second-order valence-corrected chi connectivity index (χ2v) is 7.36. The molecule has 1 aliphatic carbocycles. The number of carbonyl (C=O) groups excluding carboxylic acids is 1. The van der Waals surface area contributed by atoms with Gasteiger partial charge in [0.05, 0.1) is 5.41 Å². The van der Waals surface area contributed by atoms with E-state index in [1.165, 1.54) is 0 Å². The van der Waals surface area contributed by atoms with Crippen LogP contribution in [0.5, 0.6) is 0 Å². The van der Waals surface area contributed by atoms with Crippen LogP contribution in [-0.4, -0.2) is 49.8 Å². The van der Waals surface area contributed by atoms with Crippen LogP contribution in [0.15, 0.2) is 0 Å². The molecule has 2 aliphatic heterocycles. The molecule has 1 saturated carbocycles. The van der Waals surface area contributed by atoms with E-state index in [9.17, 15) is 18.0 Å². The number of alkyl halides is 3. The zero-order valence-corrected chi connectivity index (χ0v) is 13.1. The maximum absolute atomic E-state index is 13.2. The lowest BCUT2D eigenvalue weighted by Crippen LogP contribution is -2.60. The number of halogens is 3. The van der Waals surface area contributed by atoms with E-state index in [1.54, 1.807) is 4.90 Å². The molecule has 0 aromatic heterocycles. The van der Waals surface area contributed by atoms with Crippen LogP contribution in [0.25, 0.3) is 0 Å². The third kappa shape index (κ3) is 2.04. The van der Waals surface area contributed by atoms with Crippen molar-refractivity contribution in [2.45, 2.75) is 39.3 Å². The van der Waals surface area contributed by atoms with Gasteiger partial charge in [0.15, 0.2) is 0 Å². The van der Waals surface area contributed by atoms with Gasteiger partial charge in [-0.25, -0.2) is 4.79 Å². The first-order valence-electron chi connectivity index (χ1n) is 8.03. The van der Waals surface area contributed by atoms with E-state index >= 15 is 0 Å². The van der Waals surface area contributed by atoms with Crippen LogP contribution in [0, 0.1) is 16.2 Å². The Morgan fingerprint density at radius 1 is 1.23 bits per heavy atom. The molecule has 2 N–H and O–H groups in total. The van der Waals surface area contributed by atoms with Crippen molar-refractivity contribution in [3.05, 3.63) is 0 Å². The molecule has 4 nitrogen and oxygen atoms in total. The molecule has 0 spiro atoms. The molecule has 0 aromatic carbocycles. The van der Waals surface area contributed by atoms with Gasteiger partial charge in [-0.2, -0.15) is 13.2 Å². The number of rotatable bonds is 4. The largest absolute Gasteiger partial charge is 0.396 e. The van der Waals surface area contributed by atoms with Crippen molar-refractivity contribution in [2.24, 2.45) is 16.2 Å². The highest BCUT2D eigenvalue weighted by Crippen LogP contribution is 2.72. The fourth-order valence-electron chi connectivity index (χ4n) is 4.29. The predicted octanol–water partition coefficient (Wildman–Crippen LogP) is 2.36. The molecule has 2 heterocycles. The molecule has 22 heavy (non-hydrogen) atoms. The maximum Gasteiger partial charge on any atom is 0.396 e. The Kier molecular flexibility index (Phi) is 3.44. The van der Waals surface area contributed by atoms with Crippen LogP contribution in [0.2, 0.25) is 0 Å². The van der Waals surface area contributed by atoms with Gasteiger partial charge in [-0.1, -0.05) is 13.8 Å². The van der Waals surface area contributed by atoms with Crippen molar-refractivity contribution < 1.29 is 18.0 Å². The van der Waals surface area contributed by atoms with Gasteiger partial charge in [-0.05, 0) is 19.3 Å². The van der Waals surface area contributed by atoms with Gasteiger partial charge in [0, 0.05) is 43.6 Å². The Labute approximate surface area is 128 Å². The van der Waals surface area contributed by atoms with Crippen LogP contribution >= 0.6 is 0 Å². The fourth-order valence-corrected chi connectivity index (χ4v) is 4.29. The Morgan fingerprint density at radius 2 is 1.86 bits per heavy atom. The third-order valence-corrected chi connectivity index (χ3v) is 6.38. The Balaban J connectivity index is 1.53. The van der Waals surface area contributed by atoms with E-state index in [1.807, 2.05) is 0 Å². The van der Waals surface area contributed by atoms with Crippen molar-refractivity contribution >= 4 is 6.03 Å². The van der Waals surface area contributed by atoms with Crippen molar-refractivity contribution in [1.29, 1.82) is 0 Å². The van der Waals surface area contributed by atoms with Gasteiger partial charge in [0.25, 0.3) is 0 Å². The number of urea groups is 1. The van der Waals surface area contributed by atoms with Gasteiger partial charge in [0.1, 0.15) is 0 Å². The average molecular weight is 319 g/mol. The van der Waals surface area contributed by atoms with Gasteiger partial charge >= 0.3 is 12.2 Å². The molecular weight excluding hydrogens is 295 g/mol.